The standard InChI is InChI=1S/C7H17NO3S/c1-4-8(5-2)12(10,11)7(3)6-9/h7,9H,4-6H2,1-3H3. The second-order valence-corrected chi connectivity index (χ2v) is 4.97. The van der Waals surface area contributed by atoms with Crippen LogP contribution in [0.15, 0.2) is 0 Å². The van der Waals surface area contributed by atoms with Gasteiger partial charge in [0.1, 0.15) is 0 Å². The number of hydrogen-bond donors (Lipinski definition) is 1. The van der Waals surface area contributed by atoms with Gasteiger partial charge in [0, 0.05) is 13.1 Å². The lowest BCUT2D eigenvalue weighted by atomic mass is 10.5. The Morgan fingerprint density at radius 3 is 2.00 bits per heavy atom. The number of sulfonamides is 1. The fourth-order valence-corrected chi connectivity index (χ4v) is 2.35. The Kier molecular flexibility index (Phi) is 4.74. The average molecular weight is 195 g/mol. The van der Waals surface area contributed by atoms with E-state index in [4.69, 9.17) is 5.11 Å². The average Bonchev–Trinajstić information content (AvgIpc) is 2.04. The van der Waals surface area contributed by atoms with Gasteiger partial charge >= 0.3 is 0 Å². The Labute approximate surface area is 74.2 Å². The Balaban J connectivity index is 4.58. The van der Waals surface area contributed by atoms with Crippen LogP contribution >= 0.6 is 0 Å². The molecule has 0 fully saturated rings. The van der Waals surface area contributed by atoms with Gasteiger partial charge in [0.05, 0.1) is 11.9 Å². The van der Waals surface area contributed by atoms with Crippen LogP contribution in [0.3, 0.4) is 0 Å². The first kappa shape index (κ1) is 11.9. The van der Waals surface area contributed by atoms with Crippen LogP contribution in [-0.2, 0) is 10.0 Å². The highest BCUT2D eigenvalue weighted by molar-refractivity contribution is 7.89. The van der Waals surface area contributed by atoms with E-state index in [1.807, 2.05) is 0 Å². The van der Waals surface area contributed by atoms with Crippen molar-refractivity contribution in [2.24, 2.45) is 0 Å². The van der Waals surface area contributed by atoms with Crippen LogP contribution in [0.5, 0.6) is 0 Å². The van der Waals surface area contributed by atoms with Crippen LogP contribution < -0.4 is 0 Å². The third-order valence-electron chi connectivity index (χ3n) is 1.83. The van der Waals surface area contributed by atoms with E-state index < -0.39 is 15.3 Å². The highest BCUT2D eigenvalue weighted by atomic mass is 32.2. The van der Waals surface area contributed by atoms with Crippen LogP contribution in [-0.4, -0.2) is 42.8 Å². The lowest BCUT2D eigenvalue weighted by Crippen LogP contribution is -2.38. The molecular weight excluding hydrogens is 178 g/mol. The molecule has 0 aromatic heterocycles. The number of aliphatic hydroxyl groups is 1. The van der Waals surface area contributed by atoms with E-state index >= 15 is 0 Å². The first-order valence-corrected chi connectivity index (χ1v) is 5.60. The van der Waals surface area contributed by atoms with Gasteiger partial charge in [-0.15, -0.1) is 0 Å². The number of hydrogen-bond acceptors (Lipinski definition) is 3. The Morgan fingerprint density at radius 1 is 1.33 bits per heavy atom. The molecule has 0 aliphatic carbocycles. The highest BCUT2D eigenvalue weighted by Crippen LogP contribution is 2.07. The maximum atomic E-state index is 11.5. The van der Waals surface area contributed by atoms with E-state index in [0.717, 1.165) is 0 Å². The quantitative estimate of drug-likeness (QED) is 0.674. The predicted octanol–water partition coefficient (Wildman–Crippen LogP) is 0.0388. The molecule has 0 amide bonds. The van der Waals surface area contributed by atoms with Gasteiger partial charge in [-0.2, -0.15) is 0 Å². The zero-order valence-electron chi connectivity index (χ0n) is 7.82. The van der Waals surface area contributed by atoms with Crippen molar-refractivity contribution in [3.8, 4) is 0 Å². The van der Waals surface area contributed by atoms with Crippen molar-refractivity contribution in [1.29, 1.82) is 0 Å². The minimum absolute atomic E-state index is 0.321. The van der Waals surface area contributed by atoms with Crippen molar-refractivity contribution in [2.75, 3.05) is 19.7 Å². The monoisotopic (exact) mass is 195 g/mol. The summed E-state index contributed by atoms with van der Waals surface area (Å²) in [5.41, 5.74) is 0. The zero-order valence-corrected chi connectivity index (χ0v) is 8.63. The first-order chi connectivity index (χ1) is 5.50. The fourth-order valence-electron chi connectivity index (χ4n) is 0.932. The Bertz CT molecular complexity index is 209. The van der Waals surface area contributed by atoms with E-state index in [1.54, 1.807) is 13.8 Å². The summed E-state index contributed by atoms with van der Waals surface area (Å²) in [6.45, 7) is 5.68. The number of aliphatic hydroxyl groups excluding tert-OH is 1. The van der Waals surface area contributed by atoms with Crippen molar-refractivity contribution < 1.29 is 13.5 Å². The van der Waals surface area contributed by atoms with E-state index in [2.05, 4.69) is 0 Å². The highest BCUT2D eigenvalue weighted by Gasteiger charge is 2.25. The SMILES string of the molecule is CCN(CC)S(=O)(=O)C(C)CO. The van der Waals surface area contributed by atoms with Crippen LogP contribution in [0.1, 0.15) is 20.8 Å². The van der Waals surface area contributed by atoms with Crippen molar-refractivity contribution in [3.63, 3.8) is 0 Å². The smallest absolute Gasteiger partial charge is 0.218 e. The first-order valence-electron chi connectivity index (χ1n) is 4.10. The molecule has 12 heavy (non-hydrogen) atoms. The summed E-state index contributed by atoms with van der Waals surface area (Å²) >= 11 is 0. The maximum absolute atomic E-state index is 11.5. The summed E-state index contributed by atoms with van der Waals surface area (Å²) in [6.07, 6.45) is 0. The van der Waals surface area contributed by atoms with Gasteiger partial charge in [0.15, 0.2) is 0 Å². The Hall–Kier alpha value is -0.130. The molecule has 0 bridgehead atoms. The minimum Gasteiger partial charge on any atom is -0.395 e. The third-order valence-corrected chi connectivity index (χ3v) is 4.23. The second kappa shape index (κ2) is 4.79. The van der Waals surface area contributed by atoms with Crippen LogP contribution in [0.2, 0.25) is 0 Å². The molecule has 0 rings (SSSR count). The van der Waals surface area contributed by atoms with E-state index in [-0.39, 0.29) is 6.61 Å². The summed E-state index contributed by atoms with van der Waals surface area (Å²) in [5.74, 6) is 0. The largest absolute Gasteiger partial charge is 0.395 e. The van der Waals surface area contributed by atoms with Gasteiger partial charge in [-0.05, 0) is 6.92 Å². The van der Waals surface area contributed by atoms with E-state index in [9.17, 15) is 8.42 Å². The molecule has 1 atom stereocenters. The molecule has 0 heterocycles. The molecule has 0 aromatic carbocycles. The number of nitrogens with zero attached hydrogens (tertiary/aromatic N) is 1. The van der Waals surface area contributed by atoms with Gasteiger partial charge in [-0.1, -0.05) is 13.8 Å². The summed E-state index contributed by atoms with van der Waals surface area (Å²) in [5, 5.41) is 8.01. The Morgan fingerprint density at radius 2 is 1.75 bits per heavy atom. The predicted molar refractivity (Wildman–Crippen MR) is 48.4 cm³/mol. The lowest BCUT2D eigenvalue weighted by molar-refractivity contribution is 0.290. The molecule has 0 spiro atoms. The van der Waals surface area contributed by atoms with Gasteiger partial charge in [-0.25, -0.2) is 12.7 Å². The van der Waals surface area contributed by atoms with Crippen molar-refractivity contribution in [1.82, 2.24) is 4.31 Å². The van der Waals surface area contributed by atoms with Crippen LogP contribution in [0, 0.1) is 0 Å². The van der Waals surface area contributed by atoms with E-state index in [0.29, 0.717) is 13.1 Å². The summed E-state index contributed by atoms with van der Waals surface area (Å²) in [4.78, 5) is 0. The topological polar surface area (TPSA) is 57.6 Å². The molecule has 0 aliphatic rings. The molecule has 0 aromatic rings. The van der Waals surface area contributed by atoms with Crippen molar-refractivity contribution in [2.45, 2.75) is 26.0 Å². The van der Waals surface area contributed by atoms with E-state index in [1.165, 1.54) is 11.2 Å². The van der Waals surface area contributed by atoms with Crippen LogP contribution in [0.4, 0.5) is 0 Å². The molecule has 0 aliphatic heterocycles. The van der Waals surface area contributed by atoms with Gasteiger partial charge < -0.3 is 5.11 Å². The molecular formula is C7H17NO3S. The van der Waals surface area contributed by atoms with Gasteiger partial charge in [-0.3, -0.25) is 0 Å². The number of rotatable bonds is 5. The zero-order chi connectivity index (χ0) is 9.78. The van der Waals surface area contributed by atoms with Crippen molar-refractivity contribution in [3.05, 3.63) is 0 Å². The van der Waals surface area contributed by atoms with Crippen LogP contribution in [0.25, 0.3) is 0 Å². The molecule has 1 N–H and O–H groups in total. The van der Waals surface area contributed by atoms with Gasteiger partial charge in [0.2, 0.25) is 10.0 Å². The molecule has 1 unspecified atom stereocenters. The molecule has 5 heteroatoms. The molecule has 4 nitrogen and oxygen atoms in total. The molecule has 0 saturated carbocycles. The summed E-state index contributed by atoms with van der Waals surface area (Å²) in [7, 11) is -3.27. The third kappa shape index (κ3) is 2.43. The normalized spacial score (nSPS) is 15.1. The molecule has 74 valence electrons. The summed E-state index contributed by atoms with van der Waals surface area (Å²) in [6, 6.07) is 0. The molecule has 0 saturated heterocycles. The maximum Gasteiger partial charge on any atom is 0.218 e. The van der Waals surface area contributed by atoms with Gasteiger partial charge in [0.25, 0.3) is 0 Å². The van der Waals surface area contributed by atoms with Crippen molar-refractivity contribution >= 4 is 10.0 Å². The summed E-state index contributed by atoms with van der Waals surface area (Å²) < 4.78 is 24.3. The fraction of sp³-hybridized carbons (Fsp3) is 1.00. The minimum atomic E-state index is -3.27. The molecule has 0 radical (unpaired) electrons. The lowest BCUT2D eigenvalue weighted by Gasteiger charge is -2.21. The second-order valence-electron chi connectivity index (χ2n) is 2.62.